The van der Waals surface area contributed by atoms with E-state index in [4.69, 9.17) is 18.9 Å². The maximum absolute atomic E-state index is 15.2. The third kappa shape index (κ3) is 4.66. The Labute approximate surface area is 207 Å². The van der Waals surface area contributed by atoms with E-state index in [0.29, 0.717) is 53.0 Å². The number of hydrogen-bond acceptors (Lipinski definition) is 6. The molecule has 1 N–H and O–H groups in total. The number of pyridine rings is 1. The van der Waals surface area contributed by atoms with Gasteiger partial charge in [-0.2, -0.15) is 0 Å². The van der Waals surface area contributed by atoms with Crippen molar-refractivity contribution in [2.24, 2.45) is 0 Å². The lowest BCUT2D eigenvalue weighted by Gasteiger charge is -2.34. The molecule has 36 heavy (non-hydrogen) atoms. The van der Waals surface area contributed by atoms with Crippen molar-refractivity contribution in [1.82, 2.24) is 14.9 Å². The smallest absolute Gasteiger partial charge is 0.415 e. The number of ether oxygens (including phenoxy) is 4. The average Bonchev–Trinajstić information content (AvgIpc) is 3.22. The summed E-state index contributed by atoms with van der Waals surface area (Å²) >= 11 is 0. The molecule has 1 amide bonds. The number of aromatic nitrogens is 2. The Morgan fingerprint density at radius 1 is 1.08 bits per heavy atom. The molecule has 2 aromatic heterocycles. The first-order chi connectivity index (χ1) is 17.3. The van der Waals surface area contributed by atoms with E-state index in [2.05, 4.69) is 9.97 Å². The van der Waals surface area contributed by atoms with Gasteiger partial charge >= 0.3 is 6.09 Å². The number of benzene rings is 2. The molecule has 1 saturated heterocycles. The van der Waals surface area contributed by atoms with Gasteiger partial charge in [0.25, 0.3) is 0 Å². The van der Waals surface area contributed by atoms with Crippen molar-refractivity contribution in [3.63, 3.8) is 0 Å². The number of aromatic amines is 1. The standard InChI is InChI=1S/C27H28FN3O5/c1-5-33-24-12-21-18(11-25(24)36-27(32)31-13-16(3)34-17(4)14-31)22(8-9-29-21)35-23-7-6-20-19(26(23)28)10-15(2)30-20/h6-12,16-17,30H,5,13-14H2,1-4H3/t16-,17+. The molecule has 5 rings (SSSR count). The number of halogens is 1. The van der Waals surface area contributed by atoms with Gasteiger partial charge in [-0.3, -0.25) is 4.98 Å². The lowest BCUT2D eigenvalue weighted by atomic mass is 10.1. The zero-order valence-electron chi connectivity index (χ0n) is 20.6. The molecule has 9 heteroatoms. The van der Waals surface area contributed by atoms with E-state index in [0.717, 1.165) is 5.69 Å². The lowest BCUT2D eigenvalue weighted by Crippen LogP contribution is -2.49. The first-order valence-electron chi connectivity index (χ1n) is 12.0. The fourth-order valence-electron chi connectivity index (χ4n) is 4.54. The van der Waals surface area contributed by atoms with Crippen molar-refractivity contribution in [1.29, 1.82) is 0 Å². The maximum atomic E-state index is 15.2. The molecular weight excluding hydrogens is 465 g/mol. The number of nitrogens with one attached hydrogen (secondary N) is 1. The Morgan fingerprint density at radius 2 is 1.86 bits per heavy atom. The number of nitrogens with zero attached hydrogens (tertiary/aromatic N) is 2. The number of carbonyl (C=O) groups excluding carboxylic acids is 1. The summed E-state index contributed by atoms with van der Waals surface area (Å²) in [5.41, 5.74) is 2.11. The van der Waals surface area contributed by atoms with Crippen LogP contribution in [-0.4, -0.2) is 52.9 Å². The molecule has 0 aliphatic carbocycles. The maximum Gasteiger partial charge on any atom is 0.415 e. The first kappa shape index (κ1) is 23.9. The Bertz CT molecular complexity index is 1430. The monoisotopic (exact) mass is 493 g/mol. The molecule has 1 aliphatic heterocycles. The second-order valence-corrected chi connectivity index (χ2v) is 8.98. The normalized spacial score (nSPS) is 18.0. The van der Waals surface area contributed by atoms with Gasteiger partial charge in [0, 0.05) is 34.2 Å². The Kier molecular flexibility index (Phi) is 6.40. The third-order valence-electron chi connectivity index (χ3n) is 6.00. The van der Waals surface area contributed by atoms with Gasteiger partial charge in [0.15, 0.2) is 23.1 Å². The number of hydrogen-bond donors (Lipinski definition) is 1. The summed E-state index contributed by atoms with van der Waals surface area (Å²) in [6, 6.07) is 10.1. The number of fused-ring (bicyclic) bond motifs is 2. The Morgan fingerprint density at radius 3 is 2.61 bits per heavy atom. The highest BCUT2D eigenvalue weighted by Crippen LogP contribution is 2.39. The van der Waals surface area contributed by atoms with Crippen LogP contribution < -0.4 is 14.2 Å². The van der Waals surface area contributed by atoms with Gasteiger partial charge in [-0.05, 0) is 58.0 Å². The van der Waals surface area contributed by atoms with Crippen molar-refractivity contribution < 1.29 is 28.1 Å². The van der Waals surface area contributed by atoms with E-state index in [1.165, 1.54) is 0 Å². The predicted molar refractivity (Wildman–Crippen MR) is 134 cm³/mol. The summed E-state index contributed by atoms with van der Waals surface area (Å²) < 4.78 is 38.4. The molecule has 4 aromatic rings. The molecule has 0 bridgehead atoms. The van der Waals surface area contributed by atoms with Gasteiger partial charge in [-0.25, -0.2) is 9.18 Å². The number of aryl methyl sites for hydroxylation is 1. The fourth-order valence-corrected chi connectivity index (χ4v) is 4.54. The summed E-state index contributed by atoms with van der Waals surface area (Å²) in [7, 11) is 0. The quantitative estimate of drug-likeness (QED) is 0.369. The zero-order valence-corrected chi connectivity index (χ0v) is 20.6. The minimum absolute atomic E-state index is 0.0812. The summed E-state index contributed by atoms with van der Waals surface area (Å²) in [4.78, 5) is 22.1. The largest absolute Gasteiger partial charge is 0.490 e. The average molecular weight is 494 g/mol. The van der Waals surface area contributed by atoms with Gasteiger partial charge in [0.2, 0.25) is 0 Å². The molecule has 0 unspecified atom stereocenters. The lowest BCUT2D eigenvalue weighted by molar-refractivity contribution is -0.0593. The molecule has 0 saturated carbocycles. The van der Waals surface area contributed by atoms with Crippen LogP contribution >= 0.6 is 0 Å². The number of carbonyl (C=O) groups is 1. The molecule has 8 nitrogen and oxygen atoms in total. The van der Waals surface area contributed by atoms with E-state index in [1.807, 2.05) is 27.7 Å². The second-order valence-electron chi connectivity index (χ2n) is 8.98. The van der Waals surface area contributed by atoms with E-state index in [9.17, 15) is 4.79 Å². The van der Waals surface area contributed by atoms with Crippen LogP contribution in [0.25, 0.3) is 21.8 Å². The summed E-state index contributed by atoms with van der Waals surface area (Å²) in [6.45, 7) is 8.77. The fraction of sp³-hybridized carbons (Fsp3) is 0.333. The molecule has 2 atom stereocenters. The highest BCUT2D eigenvalue weighted by Gasteiger charge is 2.28. The Hall–Kier alpha value is -3.85. The van der Waals surface area contributed by atoms with Crippen LogP contribution in [0.2, 0.25) is 0 Å². The van der Waals surface area contributed by atoms with Crippen LogP contribution in [0, 0.1) is 12.7 Å². The Balaban J connectivity index is 1.50. The van der Waals surface area contributed by atoms with Crippen molar-refractivity contribution >= 4 is 27.9 Å². The van der Waals surface area contributed by atoms with Crippen molar-refractivity contribution in [3.05, 3.63) is 54.1 Å². The molecule has 1 aliphatic rings. The van der Waals surface area contributed by atoms with Crippen molar-refractivity contribution in [2.75, 3.05) is 19.7 Å². The minimum atomic E-state index is -0.497. The molecule has 0 spiro atoms. The summed E-state index contributed by atoms with van der Waals surface area (Å²) in [5.74, 6) is 0.607. The highest BCUT2D eigenvalue weighted by atomic mass is 19.1. The summed E-state index contributed by atoms with van der Waals surface area (Å²) in [5, 5.41) is 1.00. The number of rotatable bonds is 5. The van der Waals surface area contributed by atoms with E-state index < -0.39 is 11.9 Å². The van der Waals surface area contributed by atoms with Crippen LogP contribution in [0.15, 0.2) is 42.6 Å². The van der Waals surface area contributed by atoms with Gasteiger partial charge < -0.3 is 28.8 Å². The van der Waals surface area contributed by atoms with E-state index >= 15 is 4.39 Å². The highest BCUT2D eigenvalue weighted by molar-refractivity contribution is 5.89. The SMILES string of the molecule is CCOc1cc2nccc(Oc3ccc4[nH]c(C)cc4c3F)c2cc1OC(=O)N1C[C@@H](C)O[C@@H](C)C1. The molecule has 2 aromatic carbocycles. The first-order valence-corrected chi connectivity index (χ1v) is 12.0. The van der Waals surface area contributed by atoms with Crippen molar-refractivity contribution in [3.8, 4) is 23.0 Å². The van der Waals surface area contributed by atoms with Crippen molar-refractivity contribution in [2.45, 2.75) is 39.9 Å². The third-order valence-corrected chi connectivity index (χ3v) is 6.00. The van der Waals surface area contributed by atoms with Crippen LogP contribution in [0.4, 0.5) is 9.18 Å². The molecule has 0 radical (unpaired) electrons. The van der Waals surface area contributed by atoms with E-state index in [1.54, 1.807) is 47.5 Å². The van der Waals surface area contributed by atoms with E-state index in [-0.39, 0.29) is 23.7 Å². The minimum Gasteiger partial charge on any atom is -0.490 e. The predicted octanol–water partition coefficient (Wildman–Crippen LogP) is 5.96. The van der Waals surface area contributed by atoms with Gasteiger partial charge in [-0.1, -0.05) is 0 Å². The van der Waals surface area contributed by atoms with Gasteiger partial charge in [0.1, 0.15) is 5.75 Å². The van der Waals surface area contributed by atoms with Gasteiger partial charge in [-0.15, -0.1) is 0 Å². The zero-order chi connectivity index (χ0) is 25.4. The molecule has 188 valence electrons. The number of amides is 1. The summed E-state index contributed by atoms with van der Waals surface area (Å²) in [6.07, 6.45) is 0.893. The van der Waals surface area contributed by atoms with Crippen LogP contribution in [-0.2, 0) is 4.74 Å². The number of H-pyrrole nitrogens is 1. The van der Waals surface area contributed by atoms with Gasteiger partial charge in [0.05, 0.1) is 37.4 Å². The van der Waals surface area contributed by atoms with Crippen LogP contribution in [0.5, 0.6) is 23.0 Å². The molecular formula is C27H28FN3O5. The van der Waals surface area contributed by atoms with Crippen LogP contribution in [0.3, 0.4) is 0 Å². The molecule has 1 fully saturated rings. The topological polar surface area (TPSA) is 85.9 Å². The molecule has 3 heterocycles. The van der Waals surface area contributed by atoms with Crippen LogP contribution in [0.1, 0.15) is 26.5 Å². The number of morpholine rings is 1. The second kappa shape index (κ2) is 9.66.